The summed E-state index contributed by atoms with van der Waals surface area (Å²) in [4.78, 5) is 28.3. The Bertz CT molecular complexity index is 564. The van der Waals surface area contributed by atoms with E-state index in [0.717, 1.165) is 25.5 Å². The smallest absolute Gasteiger partial charge is 0.300 e. The minimum Gasteiger partial charge on any atom is -0.338 e. The van der Waals surface area contributed by atoms with Gasteiger partial charge in [-0.2, -0.15) is 0 Å². The normalized spacial score (nSPS) is 21.9. The van der Waals surface area contributed by atoms with Gasteiger partial charge in [0.15, 0.2) is 0 Å². The molecule has 0 radical (unpaired) electrons. The number of pyridine rings is 1. The average molecular weight is 312 g/mol. The Kier molecular flexibility index (Phi) is 4.77. The molecule has 1 aliphatic rings. The van der Waals surface area contributed by atoms with Crippen molar-refractivity contribution in [2.24, 2.45) is 5.92 Å². The molecule has 1 amide bonds. The predicted octanol–water partition coefficient (Wildman–Crippen LogP) is 3.29. The van der Waals surface area contributed by atoms with Crippen LogP contribution >= 0.6 is 11.6 Å². The molecule has 2 atom stereocenters. The van der Waals surface area contributed by atoms with Gasteiger partial charge in [-0.25, -0.2) is 4.98 Å². The summed E-state index contributed by atoms with van der Waals surface area (Å²) in [5.74, 6) is 0.195. The summed E-state index contributed by atoms with van der Waals surface area (Å²) in [5.41, 5.74) is -0.305. The maximum Gasteiger partial charge on any atom is 0.300 e. The van der Waals surface area contributed by atoms with Gasteiger partial charge < -0.3 is 4.90 Å². The zero-order valence-corrected chi connectivity index (χ0v) is 12.8. The van der Waals surface area contributed by atoms with Crippen LogP contribution in [0.2, 0.25) is 5.15 Å². The van der Waals surface area contributed by atoms with Crippen LogP contribution in [0.4, 0.5) is 5.69 Å². The Labute approximate surface area is 128 Å². The molecule has 1 heterocycles. The van der Waals surface area contributed by atoms with Gasteiger partial charge in [0.05, 0.1) is 4.92 Å². The quantitative estimate of drug-likeness (QED) is 0.487. The Balaban J connectivity index is 2.26. The Morgan fingerprint density at radius 3 is 2.86 bits per heavy atom. The summed E-state index contributed by atoms with van der Waals surface area (Å²) in [7, 11) is 1.70. The van der Waals surface area contributed by atoms with E-state index in [1.807, 2.05) is 0 Å². The molecular formula is C14H18ClN3O3. The lowest BCUT2D eigenvalue weighted by Crippen LogP contribution is -2.40. The maximum atomic E-state index is 12.6. The van der Waals surface area contributed by atoms with Gasteiger partial charge in [-0.3, -0.25) is 14.9 Å². The molecule has 1 aliphatic carbocycles. The Morgan fingerprint density at radius 2 is 2.24 bits per heavy atom. The molecule has 0 spiro atoms. The highest BCUT2D eigenvalue weighted by atomic mass is 35.5. The van der Waals surface area contributed by atoms with E-state index in [1.165, 1.54) is 12.5 Å². The number of rotatable bonds is 3. The molecule has 6 nitrogen and oxygen atoms in total. The second kappa shape index (κ2) is 6.39. The second-order valence-electron chi connectivity index (χ2n) is 5.62. The van der Waals surface area contributed by atoms with Crippen molar-refractivity contribution in [2.45, 2.75) is 38.6 Å². The summed E-state index contributed by atoms with van der Waals surface area (Å²) < 4.78 is 0. The number of carbonyl (C=O) groups excluding carboxylic acids is 1. The van der Waals surface area contributed by atoms with Gasteiger partial charge in [0.2, 0.25) is 0 Å². The largest absolute Gasteiger partial charge is 0.338 e. The van der Waals surface area contributed by atoms with Crippen molar-refractivity contribution in [3.05, 3.63) is 33.1 Å². The van der Waals surface area contributed by atoms with Gasteiger partial charge in [-0.05, 0) is 24.8 Å². The lowest BCUT2D eigenvalue weighted by Gasteiger charge is -2.34. The van der Waals surface area contributed by atoms with Gasteiger partial charge in [0.25, 0.3) is 11.6 Å². The van der Waals surface area contributed by atoms with Crippen LogP contribution in [0.15, 0.2) is 12.3 Å². The van der Waals surface area contributed by atoms with Gasteiger partial charge in [-0.15, -0.1) is 0 Å². The van der Waals surface area contributed by atoms with Crippen LogP contribution in [0.1, 0.15) is 43.0 Å². The lowest BCUT2D eigenvalue weighted by atomic mass is 9.86. The molecule has 1 aromatic rings. The first-order chi connectivity index (χ1) is 9.90. The summed E-state index contributed by atoms with van der Waals surface area (Å²) >= 11 is 5.77. The Hall–Kier alpha value is -1.69. The third-order valence-electron chi connectivity index (χ3n) is 4.05. The van der Waals surface area contributed by atoms with E-state index < -0.39 is 4.92 Å². The van der Waals surface area contributed by atoms with Gasteiger partial charge in [0.1, 0.15) is 16.9 Å². The van der Waals surface area contributed by atoms with Crippen molar-refractivity contribution < 1.29 is 9.72 Å². The highest BCUT2D eigenvalue weighted by Gasteiger charge is 2.30. The van der Waals surface area contributed by atoms with Gasteiger partial charge >= 0.3 is 0 Å². The molecule has 7 heteroatoms. The SMILES string of the molecule is CC1CCCC(N(C)C(=O)c2cc(Cl)ncc2[N+](=O)[O-])C1. The van der Waals surface area contributed by atoms with Crippen LogP contribution in [0.3, 0.4) is 0 Å². The molecular weight excluding hydrogens is 294 g/mol. The standard InChI is InChI=1S/C14H18ClN3O3/c1-9-4-3-5-10(6-9)17(2)14(19)11-7-13(15)16-8-12(11)18(20)21/h7-10H,3-6H2,1-2H3. The van der Waals surface area contributed by atoms with Crippen molar-refractivity contribution in [2.75, 3.05) is 7.05 Å². The molecule has 114 valence electrons. The monoisotopic (exact) mass is 311 g/mol. The first-order valence-corrected chi connectivity index (χ1v) is 7.35. The molecule has 0 bridgehead atoms. The summed E-state index contributed by atoms with van der Waals surface area (Å²) in [6.07, 6.45) is 5.13. The van der Waals surface area contributed by atoms with Crippen molar-refractivity contribution >= 4 is 23.2 Å². The number of hydrogen-bond donors (Lipinski definition) is 0. The zero-order chi connectivity index (χ0) is 15.6. The minimum absolute atomic E-state index is 0.000673. The number of nitrogens with zero attached hydrogens (tertiary/aromatic N) is 3. The molecule has 1 saturated carbocycles. The highest BCUT2D eigenvalue weighted by molar-refractivity contribution is 6.29. The lowest BCUT2D eigenvalue weighted by molar-refractivity contribution is -0.385. The van der Waals surface area contributed by atoms with Crippen LogP contribution in [0.5, 0.6) is 0 Å². The van der Waals surface area contributed by atoms with E-state index in [4.69, 9.17) is 11.6 Å². The van der Waals surface area contributed by atoms with E-state index in [9.17, 15) is 14.9 Å². The molecule has 0 N–H and O–H groups in total. The number of hydrogen-bond acceptors (Lipinski definition) is 4. The molecule has 2 rings (SSSR count). The molecule has 0 saturated heterocycles. The zero-order valence-electron chi connectivity index (χ0n) is 12.1. The highest BCUT2D eigenvalue weighted by Crippen LogP contribution is 2.29. The fourth-order valence-electron chi connectivity index (χ4n) is 2.85. The van der Waals surface area contributed by atoms with Crippen molar-refractivity contribution in [3.63, 3.8) is 0 Å². The molecule has 1 fully saturated rings. The first kappa shape index (κ1) is 15.7. The van der Waals surface area contributed by atoms with E-state index in [0.29, 0.717) is 5.92 Å². The second-order valence-corrected chi connectivity index (χ2v) is 6.01. The maximum absolute atomic E-state index is 12.6. The molecule has 1 aromatic heterocycles. The van der Waals surface area contributed by atoms with Crippen molar-refractivity contribution in [1.82, 2.24) is 9.88 Å². The van der Waals surface area contributed by atoms with Crippen molar-refractivity contribution in [1.29, 1.82) is 0 Å². The van der Waals surface area contributed by atoms with Gasteiger partial charge in [0, 0.05) is 13.1 Å². The molecule has 0 aromatic carbocycles. The average Bonchev–Trinajstić information content (AvgIpc) is 2.45. The van der Waals surface area contributed by atoms with Crippen LogP contribution < -0.4 is 0 Å². The molecule has 21 heavy (non-hydrogen) atoms. The predicted molar refractivity (Wildman–Crippen MR) is 79.4 cm³/mol. The number of amides is 1. The van der Waals surface area contributed by atoms with E-state index in [-0.39, 0.29) is 28.4 Å². The number of nitro groups is 1. The fraction of sp³-hybridized carbons (Fsp3) is 0.571. The van der Waals surface area contributed by atoms with Crippen LogP contribution in [-0.2, 0) is 0 Å². The van der Waals surface area contributed by atoms with E-state index in [1.54, 1.807) is 11.9 Å². The first-order valence-electron chi connectivity index (χ1n) is 6.97. The van der Waals surface area contributed by atoms with Crippen LogP contribution in [-0.4, -0.2) is 33.8 Å². The Morgan fingerprint density at radius 1 is 1.52 bits per heavy atom. The minimum atomic E-state index is -0.603. The number of halogens is 1. The summed E-state index contributed by atoms with van der Waals surface area (Å²) in [5, 5.41) is 11.1. The van der Waals surface area contributed by atoms with Crippen LogP contribution in [0.25, 0.3) is 0 Å². The molecule has 2 unspecified atom stereocenters. The van der Waals surface area contributed by atoms with Gasteiger partial charge in [-0.1, -0.05) is 31.4 Å². The van der Waals surface area contributed by atoms with Crippen LogP contribution in [0, 0.1) is 16.0 Å². The third-order valence-corrected chi connectivity index (χ3v) is 4.26. The number of aromatic nitrogens is 1. The third kappa shape index (κ3) is 3.50. The molecule has 0 aliphatic heterocycles. The summed E-state index contributed by atoms with van der Waals surface area (Å²) in [6, 6.07) is 1.39. The van der Waals surface area contributed by atoms with E-state index in [2.05, 4.69) is 11.9 Å². The van der Waals surface area contributed by atoms with Crippen molar-refractivity contribution in [3.8, 4) is 0 Å². The van der Waals surface area contributed by atoms with E-state index >= 15 is 0 Å². The number of carbonyl (C=O) groups is 1. The topological polar surface area (TPSA) is 76.3 Å². The fourth-order valence-corrected chi connectivity index (χ4v) is 3.01. The summed E-state index contributed by atoms with van der Waals surface area (Å²) in [6.45, 7) is 2.16.